The van der Waals surface area contributed by atoms with Gasteiger partial charge in [-0.15, -0.1) is 0 Å². The second-order valence-corrected chi connectivity index (χ2v) is 16.9. The molecule has 0 aromatic heterocycles. The number of fused-ring (bicyclic) bond motifs is 2. The van der Waals surface area contributed by atoms with Gasteiger partial charge in [-0.3, -0.25) is 0 Å². The second kappa shape index (κ2) is 14.1. The molecule has 7 aromatic carbocycles. The summed E-state index contributed by atoms with van der Waals surface area (Å²) in [4.78, 5) is -2.10. The van der Waals surface area contributed by atoms with Gasteiger partial charge in [0.05, 0.1) is 0 Å². The topological polar surface area (TPSA) is 71.1 Å². The van der Waals surface area contributed by atoms with Crippen molar-refractivity contribution in [3.8, 4) is 23.0 Å². The first-order chi connectivity index (χ1) is 25.5. The van der Waals surface area contributed by atoms with E-state index in [1.54, 1.807) is 97.1 Å². The molecule has 7 aromatic rings. The van der Waals surface area contributed by atoms with E-state index in [9.17, 15) is 0 Å². The molecule has 0 radical (unpaired) electrons. The van der Waals surface area contributed by atoms with Gasteiger partial charge in [0, 0.05) is 12.0 Å². The zero-order valence-corrected chi connectivity index (χ0v) is 29.8. The minimum atomic E-state index is -4.80. The summed E-state index contributed by atoms with van der Waals surface area (Å²) in [6.45, 7) is 0. The average Bonchev–Trinajstić information content (AvgIpc) is 3.18. The van der Waals surface area contributed by atoms with Crippen LogP contribution in [0.4, 0.5) is 0 Å². The minimum absolute atomic E-state index is 0.0868. The molecule has 52 heavy (non-hydrogen) atoms. The Morgan fingerprint density at radius 3 is 1.33 bits per heavy atom. The van der Waals surface area contributed by atoms with Crippen LogP contribution in [0.1, 0.15) is 12.0 Å². The maximum Gasteiger partial charge on any atom is 0.456 e. The summed E-state index contributed by atoms with van der Waals surface area (Å²) in [5.74, 6) is 1.07. The lowest BCUT2D eigenvalue weighted by Crippen LogP contribution is -2.46. The van der Waals surface area contributed by atoms with E-state index in [1.807, 2.05) is 97.1 Å². The zero-order valence-electron chi connectivity index (χ0n) is 28.0. The fourth-order valence-electron chi connectivity index (χ4n) is 6.74. The average molecular weight is 721 g/mol. The van der Waals surface area contributed by atoms with Crippen molar-refractivity contribution in [2.45, 2.75) is 11.3 Å². The molecular weight excluding hydrogens is 686 g/mol. The van der Waals surface area contributed by atoms with E-state index in [4.69, 9.17) is 18.1 Å². The Kier molecular flexibility index (Phi) is 9.03. The van der Waals surface area contributed by atoms with Gasteiger partial charge >= 0.3 is 15.2 Å². The van der Waals surface area contributed by atoms with E-state index in [2.05, 4.69) is 0 Å². The number of hydrogen-bond donors (Lipinski definition) is 0. The van der Waals surface area contributed by atoms with Crippen molar-refractivity contribution < 1.29 is 27.2 Å². The predicted octanol–water partition coefficient (Wildman–Crippen LogP) is 10.6. The molecule has 8 heteroatoms. The van der Waals surface area contributed by atoms with Crippen LogP contribution in [-0.2, 0) is 9.13 Å². The lowest BCUT2D eigenvalue weighted by molar-refractivity contribution is 0.340. The van der Waals surface area contributed by atoms with E-state index in [-0.39, 0.29) is 29.4 Å². The molecule has 0 N–H and O–H groups in total. The van der Waals surface area contributed by atoms with Crippen molar-refractivity contribution in [2.24, 2.45) is 0 Å². The molecule has 0 bridgehead atoms. The molecular formula is C44H34O6P2. The van der Waals surface area contributed by atoms with Crippen LogP contribution in [-0.4, -0.2) is 4.90 Å². The van der Waals surface area contributed by atoms with Crippen LogP contribution in [0.2, 0.25) is 0 Å². The van der Waals surface area contributed by atoms with Crippen molar-refractivity contribution in [3.63, 3.8) is 0 Å². The lowest BCUT2D eigenvalue weighted by atomic mass is 9.89. The molecule has 0 unspecified atom stereocenters. The molecule has 0 heterocycles. The van der Waals surface area contributed by atoms with Crippen LogP contribution >= 0.6 is 15.2 Å². The summed E-state index contributed by atoms with van der Waals surface area (Å²) in [5.41, 5.74) is 1.16. The van der Waals surface area contributed by atoms with Gasteiger partial charge in [-0.1, -0.05) is 146 Å². The molecule has 1 aliphatic rings. The van der Waals surface area contributed by atoms with Gasteiger partial charge < -0.3 is 18.1 Å². The highest BCUT2D eigenvalue weighted by Crippen LogP contribution is 2.81. The van der Waals surface area contributed by atoms with Crippen LogP contribution in [0.5, 0.6) is 23.0 Å². The third-order valence-electron chi connectivity index (χ3n) is 9.08. The zero-order chi connectivity index (χ0) is 35.4. The van der Waals surface area contributed by atoms with E-state index < -0.39 is 20.1 Å². The van der Waals surface area contributed by atoms with Crippen molar-refractivity contribution in [1.29, 1.82) is 0 Å². The number of benzene rings is 7. The van der Waals surface area contributed by atoms with Gasteiger partial charge in [-0.05, 0) is 75.3 Å². The molecule has 8 rings (SSSR count). The SMILES string of the molecule is O=P(Oc1ccccc1)(Oc1ccccc1)C1(P(=O)(Oc2ccccc2)Oc2ccccc2)CC=c2ccccc2=C1c1cccc2ccccc12. The molecule has 0 aliphatic heterocycles. The largest absolute Gasteiger partial charge is 0.456 e. The van der Waals surface area contributed by atoms with E-state index in [0.717, 1.165) is 16.0 Å². The van der Waals surface area contributed by atoms with Gasteiger partial charge in [0.2, 0.25) is 4.90 Å². The predicted molar refractivity (Wildman–Crippen MR) is 207 cm³/mol. The monoisotopic (exact) mass is 720 g/mol. The quantitative estimate of drug-likeness (QED) is 0.124. The summed E-state index contributed by atoms with van der Waals surface area (Å²) in [7, 11) is -9.60. The Balaban J connectivity index is 1.54. The molecule has 0 spiro atoms. The van der Waals surface area contributed by atoms with Crippen molar-refractivity contribution in [1.82, 2.24) is 0 Å². The first kappa shape index (κ1) is 33.3. The fourth-order valence-corrected chi connectivity index (χ4v) is 12.4. The Bertz CT molecular complexity index is 2360. The van der Waals surface area contributed by atoms with Crippen molar-refractivity contribution >= 4 is 37.6 Å². The molecule has 0 amide bonds. The Morgan fingerprint density at radius 1 is 0.423 bits per heavy atom. The van der Waals surface area contributed by atoms with Crippen LogP contribution in [0.3, 0.4) is 0 Å². The third kappa shape index (κ3) is 6.11. The summed E-state index contributed by atoms with van der Waals surface area (Å²) in [6, 6.07) is 56.9. The summed E-state index contributed by atoms with van der Waals surface area (Å²) in [5, 5.41) is 3.38. The second-order valence-electron chi connectivity index (χ2n) is 12.3. The molecule has 256 valence electrons. The maximum atomic E-state index is 16.8. The minimum Gasteiger partial charge on any atom is -0.415 e. The molecule has 0 atom stereocenters. The first-order valence-corrected chi connectivity index (χ1v) is 20.0. The van der Waals surface area contributed by atoms with E-state index >= 15 is 9.13 Å². The van der Waals surface area contributed by atoms with Gasteiger partial charge in [0.25, 0.3) is 0 Å². The van der Waals surface area contributed by atoms with E-state index in [1.165, 1.54) is 0 Å². The van der Waals surface area contributed by atoms with E-state index in [0.29, 0.717) is 16.4 Å². The normalized spacial score (nSPS) is 13.7. The molecule has 0 fully saturated rings. The number of hydrogen-bond acceptors (Lipinski definition) is 6. The standard InChI is InChI=1S/C44H34O6P2/c45-51(47-36-21-5-1-6-22-36,48-37-23-7-2-8-24-37)44(52(46,49-38-25-9-3-10-26-38)50-39-27-11-4-12-28-39)33-32-35-19-14-16-30-41(35)43(44)42-31-17-20-34-18-13-15-29-40(34)42/h1-32H,33H2. The van der Waals surface area contributed by atoms with Crippen LogP contribution in [0, 0.1) is 0 Å². The maximum absolute atomic E-state index is 16.8. The summed E-state index contributed by atoms with van der Waals surface area (Å²) < 4.78 is 60.4. The molecule has 0 saturated carbocycles. The molecule has 6 nitrogen and oxygen atoms in total. The lowest BCUT2D eigenvalue weighted by Gasteiger charge is -2.44. The molecule has 1 aliphatic carbocycles. The highest BCUT2D eigenvalue weighted by atomic mass is 31.2. The van der Waals surface area contributed by atoms with Gasteiger partial charge in [-0.25, -0.2) is 9.13 Å². The van der Waals surface area contributed by atoms with Gasteiger partial charge in [0.15, 0.2) is 0 Å². The van der Waals surface area contributed by atoms with Crippen LogP contribution in [0.25, 0.3) is 22.4 Å². The number of para-hydroxylation sites is 4. The summed E-state index contributed by atoms with van der Waals surface area (Å²) in [6.07, 6.45) is 1.84. The Hall–Kier alpha value is -5.80. The third-order valence-corrected chi connectivity index (χ3v) is 15.0. The number of rotatable bonds is 11. The fraction of sp³-hybridized carbons (Fsp3) is 0.0455. The van der Waals surface area contributed by atoms with Crippen molar-refractivity contribution in [3.05, 3.63) is 204 Å². The Labute approximate surface area is 302 Å². The van der Waals surface area contributed by atoms with Crippen LogP contribution < -0.4 is 28.5 Å². The highest BCUT2D eigenvalue weighted by molar-refractivity contribution is 7.76. The van der Waals surface area contributed by atoms with Crippen LogP contribution in [0.15, 0.2) is 188 Å². The van der Waals surface area contributed by atoms with Gasteiger partial charge in [-0.2, -0.15) is 0 Å². The summed E-state index contributed by atoms with van der Waals surface area (Å²) >= 11 is 0. The highest BCUT2D eigenvalue weighted by Gasteiger charge is 2.72. The first-order valence-electron chi connectivity index (χ1n) is 17.0. The Morgan fingerprint density at radius 2 is 0.827 bits per heavy atom. The van der Waals surface area contributed by atoms with Gasteiger partial charge in [0.1, 0.15) is 23.0 Å². The molecule has 0 saturated heterocycles. The smallest absolute Gasteiger partial charge is 0.415 e. The van der Waals surface area contributed by atoms with Crippen molar-refractivity contribution in [2.75, 3.05) is 0 Å².